The molecule has 0 aromatic carbocycles. The Morgan fingerprint density at radius 1 is 1.32 bits per heavy atom. The molecule has 11 heteroatoms. The molecule has 2 unspecified atom stereocenters. The van der Waals surface area contributed by atoms with Crippen molar-refractivity contribution in [1.82, 2.24) is 24.4 Å². The van der Waals surface area contributed by atoms with Gasteiger partial charge in [0, 0.05) is 21.2 Å². The van der Waals surface area contributed by atoms with Gasteiger partial charge in [-0.15, -0.1) is 0 Å². The Kier molecular flexibility index (Phi) is 13.3. The van der Waals surface area contributed by atoms with E-state index in [0.29, 0.717) is 17.0 Å². The summed E-state index contributed by atoms with van der Waals surface area (Å²) in [5.74, 6) is 0.532. The molecule has 0 saturated carbocycles. The molecule has 1 aliphatic rings. The number of nitrogens with two attached hydrogens (primary N) is 1. The largest absolute Gasteiger partial charge is 0.400 e. The third kappa shape index (κ3) is 7.27. The third-order valence-corrected chi connectivity index (χ3v) is 3.35. The molecular formula is C17H31N7O4. The molecule has 158 valence electrons. The van der Waals surface area contributed by atoms with Crippen molar-refractivity contribution in [3.05, 3.63) is 12.7 Å². The topological polar surface area (TPSA) is 152 Å². The number of ether oxygens (including phenoxy) is 1. The number of fused-ring (bicyclic) bond motifs is 1. The van der Waals surface area contributed by atoms with E-state index in [9.17, 15) is 0 Å². The van der Waals surface area contributed by atoms with Crippen molar-refractivity contribution < 1.29 is 19.7 Å². The van der Waals surface area contributed by atoms with E-state index in [-0.39, 0.29) is 18.9 Å². The Hall–Kier alpha value is -2.47. The second-order valence-electron chi connectivity index (χ2n) is 5.44. The number of aliphatic hydroxyl groups excluding tert-OH is 2. The van der Waals surface area contributed by atoms with E-state index in [1.807, 2.05) is 23.6 Å². The fraction of sp³-hybridized carbons (Fsp3) is 0.588. The third-order valence-electron chi connectivity index (χ3n) is 3.35. The van der Waals surface area contributed by atoms with Crippen molar-refractivity contribution in [2.24, 2.45) is 10.7 Å². The van der Waals surface area contributed by atoms with Crippen molar-refractivity contribution in [1.29, 1.82) is 0 Å². The van der Waals surface area contributed by atoms with Gasteiger partial charge >= 0.3 is 0 Å². The second kappa shape index (κ2) is 14.6. The number of aromatic nitrogens is 4. The molecule has 1 fully saturated rings. The number of carbonyl (C=O) groups excluding carboxylic acids is 1. The van der Waals surface area contributed by atoms with Crippen LogP contribution in [0, 0.1) is 0 Å². The predicted molar refractivity (Wildman–Crippen MR) is 107 cm³/mol. The van der Waals surface area contributed by atoms with Gasteiger partial charge in [-0.05, 0) is 26.8 Å². The zero-order valence-corrected chi connectivity index (χ0v) is 17.1. The van der Waals surface area contributed by atoms with E-state index in [4.69, 9.17) is 19.7 Å². The van der Waals surface area contributed by atoms with E-state index >= 15 is 0 Å². The predicted octanol–water partition coefficient (Wildman–Crippen LogP) is 0.106. The molecular weight excluding hydrogens is 366 g/mol. The molecule has 0 bridgehead atoms. The SMILES string of the molecule is CC=O.CN.CN(C)/C=N/c1ncnc2c1ncn2C1CCC(CO)O1.CO. The van der Waals surface area contributed by atoms with Crippen LogP contribution in [0.5, 0.6) is 0 Å². The highest BCUT2D eigenvalue weighted by atomic mass is 16.5. The average molecular weight is 397 g/mol. The quantitative estimate of drug-likeness (QED) is 0.370. The minimum Gasteiger partial charge on any atom is -0.400 e. The van der Waals surface area contributed by atoms with Crippen LogP contribution in [0.3, 0.4) is 0 Å². The Morgan fingerprint density at radius 3 is 2.50 bits per heavy atom. The summed E-state index contributed by atoms with van der Waals surface area (Å²) in [5.41, 5.74) is 5.84. The van der Waals surface area contributed by atoms with Crippen LogP contribution in [0.25, 0.3) is 11.2 Å². The summed E-state index contributed by atoms with van der Waals surface area (Å²) in [4.78, 5) is 27.7. The van der Waals surface area contributed by atoms with Gasteiger partial charge in [0.25, 0.3) is 0 Å². The molecule has 2 aromatic heterocycles. The van der Waals surface area contributed by atoms with Crippen LogP contribution in [-0.2, 0) is 9.53 Å². The monoisotopic (exact) mass is 397 g/mol. The van der Waals surface area contributed by atoms with Crippen molar-refractivity contribution in [2.45, 2.75) is 32.1 Å². The molecule has 0 radical (unpaired) electrons. The lowest BCUT2D eigenvalue weighted by molar-refractivity contribution is -0.106. The normalized spacial score (nSPS) is 17.7. The average Bonchev–Trinajstić information content (AvgIpc) is 3.36. The van der Waals surface area contributed by atoms with Gasteiger partial charge in [-0.3, -0.25) is 4.57 Å². The molecule has 11 nitrogen and oxygen atoms in total. The standard InChI is InChI=1S/C13H18N6O2.C2H4O.CH5N.CH4O/c1-18(2)7-17-12-11-13(15-6-14-12)19(8-16-11)10-4-3-9(5-20)21-10;1-2-3;2*1-2/h6-10,20H,3-5H2,1-2H3;2H,1H3;2H2,1H3;2H,1H3/b17-7+;;;. The lowest BCUT2D eigenvalue weighted by Crippen LogP contribution is -2.14. The molecule has 1 aliphatic heterocycles. The van der Waals surface area contributed by atoms with Gasteiger partial charge in [-0.25, -0.2) is 19.9 Å². The highest BCUT2D eigenvalue weighted by Crippen LogP contribution is 2.31. The van der Waals surface area contributed by atoms with E-state index < -0.39 is 0 Å². The zero-order chi connectivity index (χ0) is 21.5. The minimum atomic E-state index is -0.146. The molecule has 2 aromatic rings. The summed E-state index contributed by atoms with van der Waals surface area (Å²) < 4.78 is 7.64. The molecule has 0 spiro atoms. The summed E-state index contributed by atoms with van der Waals surface area (Å²) in [6.07, 6.45) is 7.00. The number of carbonyl (C=O) groups is 1. The fourth-order valence-electron chi connectivity index (χ4n) is 2.34. The van der Waals surface area contributed by atoms with Crippen LogP contribution < -0.4 is 5.73 Å². The number of imidazole rings is 1. The first kappa shape index (κ1) is 25.5. The summed E-state index contributed by atoms with van der Waals surface area (Å²) in [6, 6.07) is 0. The van der Waals surface area contributed by atoms with Crippen LogP contribution in [0.1, 0.15) is 26.0 Å². The van der Waals surface area contributed by atoms with Gasteiger partial charge in [-0.1, -0.05) is 0 Å². The lowest BCUT2D eigenvalue weighted by atomic mass is 10.2. The van der Waals surface area contributed by atoms with E-state index in [2.05, 4.69) is 25.7 Å². The Bertz CT molecular complexity index is 706. The Morgan fingerprint density at radius 2 is 1.96 bits per heavy atom. The summed E-state index contributed by atoms with van der Waals surface area (Å²) in [5, 5.41) is 16.2. The Labute approximate surface area is 164 Å². The van der Waals surface area contributed by atoms with Crippen molar-refractivity contribution in [3.8, 4) is 0 Å². The summed E-state index contributed by atoms with van der Waals surface area (Å²) in [7, 11) is 6.28. The summed E-state index contributed by atoms with van der Waals surface area (Å²) in [6.45, 7) is 1.48. The number of aliphatic hydroxyl groups is 2. The van der Waals surface area contributed by atoms with Crippen LogP contribution in [0.2, 0.25) is 0 Å². The highest BCUT2D eigenvalue weighted by Gasteiger charge is 2.27. The first-order valence-corrected chi connectivity index (χ1v) is 8.67. The van der Waals surface area contributed by atoms with E-state index in [1.165, 1.54) is 20.3 Å². The second-order valence-corrected chi connectivity index (χ2v) is 5.44. The molecule has 2 atom stereocenters. The van der Waals surface area contributed by atoms with Crippen molar-refractivity contribution in [3.63, 3.8) is 0 Å². The van der Waals surface area contributed by atoms with Gasteiger partial charge in [0.1, 0.15) is 18.8 Å². The number of rotatable bonds is 4. The molecule has 0 aliphatic carbocycles. The molecule has 0 amide bonds. The maximum Gasteiger partial charge on any atom is 0.184 e. The minimum absolute atomic E-state index is 0.0382. The number of aldehydes is 1. The van der Waals surface area contributed by atoms with Gasteiger partial charge in [0.2, 0.25) is 0 Å². The van der Waals surface area contributed by atoms with Crippen LogP contribution in [0.4, 0.5) is 5.82 Å². The van der Waals surface area contributed by atoms with Gasteiger partial charge in [0.05, 0.1) is 25.4 Å². The maximum atomic E-state index is 9.16. The number of aliphatic imine (C=N–C) groups is 1. The number of nitrogens with zero attached hydrogens (tertiary/aromatic N) is 6. The Balaban J connectivity index is 0.000000930. The van der Waals surface area contributed by atoms with Crippen molar-refractivity contribution >= 4 is 29.6 Å². The van der Waals surface area contributed by atoms with Crippen molar-refractivity contribution in [2.75, 3.05) is 34.9 Å². The highest BCUT2D eigenvalue weighted by molar-refractivity contribution is 5.82. The molecule has 4 N–H and O–H groups in total. The first-order valence-electron chi connectivity index (χ1n) is 8.67. The molecule has 3 rings (SSSR count). The first-order chi connectivity index (χ1) is 13.6. The molecule has 1 saturated heterocycles. The van der Waals surface area contributed by atoms with Crippen LogP contribution in [-0.4, -0.2) is 88.2 Å². The summed E-state index contributed by atoms with van der Waals surface area (Å²) >= 11 is 0. The van der Waals surface area contributed by atoms with E-state index in [1.54, 1.807) is 12.7 Å². The maximum absolute atomic E-state index is 9.16. The number of hydrogen-bond donors (Lipinski definition) is 3. The zero-order valence-electron chi connectivity index (χ0n) is 17.1. The molecule has 28 heavy (non-hydrogen) atoms. The van der Waals surface area contributed by atoms with E-state index in [0.717, 1.165) is 26.2 Å². The van der Waals surface area contributed by atoms with Gasteiger partial charge < -0.3 is 30.4 Å². The van der Waals surface area contributed by atoms with Crippen LogP contribution >= 0.6 is 0 Å². The van der Waals surface area contributed by atoms with Gasteiger partial charge in [0.15, 0.2) is 17.0 Å². The number of hydrogen-bond acceptors (Lipinski definition) is 9. The fourth-order valence-corrected chi connectivity index (χ4v) is 2.34. The van der Waals surface area contributed by atoms with Gasteiger partial charge in [-0.2, -0.15) is 0 Å². The molecule has 3 heterocycles. The smallest absolute Gasteiger partial charge is 0.184 e. The lowest BCUT2D eigenvalue weighted by Gasteiger charge is -2.13. The van der Waals surface area contributed by atoms with Crippen LogP contribution in [0.15, 0.2) is 17.6 Å².